The molecule has 0 bridgehead atoms. The van der Waals surface area contributed by atoms with E-state index in [9.17, 15) is 4.79 Å². The second-order valence-electron chi connectivity index (χ2n) is 10.5. The average Bonchev–Trinajstić information content (AvgIpc) is 3.59. The van der Waals surface area contributed by atoms with Gasteiger partial charge in [0.15, 0.2) is 5.96 Å². The fourth-order valence-corrected chi connectivity index (χ4v) is 4.22. The van der Waals surface area contributed by atoms with Gasteiger partial charge in [0.25, 0.3) is 0 Å². The molecule has 0 aromatic carbocycles. The Morgan fingerprint density at radius 1 is 1.13 bits per heavy atom. The summed E-state index contributed by atoms with van der Waals surface area (Å²) >= 11 is 0. The van der Waals surface area contributed by atoms with Crippen molar-refractivity contribution < 1.29 is 9.53 Å². The van der Waals surface area contributed by atoms with Crippen LogP contribution in [0.1, 0.15) is 66.2 Å². The van der Waals surface area contributed by atoms with Crippen LogP contribution in [0.5, 0.6) is 0 Å². The van der Waals surface area contributed by atoms with Gasteiger partial charge in [-0.25, -0.2) is 4.79 Å². The van der Waals surface area contributed by atoms with Crippen molar-refractivity contribution in [2.45, 2.75) is 89.9 Å². The maximum Gasteiger partial charge on any atom is 0.410 e. The molecule has 0 aromatic rings. The van der Waals surface area contributed by atoms with Crippen LogP contribution in [0, 0.1) is 5.92 Å². The molecule has 172 valence electrons. The number of ether oxygens (including phenoxy) is 1. The van der Waals surface area contributed by atoms with Crippen LogP contribution in [0.3, 0.4) is 0 Å². The molecule has 1 aliphatic heterocycles. The molecule has 0 aromatic heterocycles. The Bertz CT molecular complexity index is 601. The molecule has 1 unspecified atom stereocenters. The molecule has 7 nitrogen and oxygen atoms in total. The van der Waals surface area contributed by atoms with E-state index in [1.54, 1.807) is 0 Å². The topological polar surface area (TPSA) is 60.4 Å². The Balaban J connectivity index is 1.50. The minimum atomic E-state index is -0.449. The highest BCUT2D eigenvalue weighted by Crippen LogP contribution is 2.32. The zero-order valence-corrected chi connectivity index (χ0v) is 20.0. The number of hydrogen-bond donors (Lipinski definition) is 1. The van der Waals surface area contributed by atoms with Crippen molar-refractivity contribution in [3.8, 4) is 0 Å². The highest BCUT2D eigenvalue weighted by molar-refractivity contribution is 5.80. The van der Waals surface area contributed by atoms with Crippen LogP contribution < -0.4 is 5.32 Å². The average molecular weight is 422 g/mol. The largest absolute Gasteiger partial charge is 0.444 e. The van der Waals surface area contributed by atoms with Gasteiger partial charge in [-0.1, -0.05) is 0 Å². The maximum atomic E-state index is 12.8. The summed E-state index contributed by atoms with van der Waals surface area (Å²) < 4.78 is 5.72. The molecule has 3 aliphatic rings. The predicted octanol–water partition coefficient (Wildman–Crippen LogP) is 3.16. The number of hydrogen-bond acceptors (Lipinski definition) is 4. The Kier molecular flexibility index (Phi) is 7.53. The van der Waals surface area contributed by atoms with Gasteiger partial charge in [0.1, 0.15) is 5.60 Å². The predicted molar refractivity (Wildman–Crippen MR) is 122 cm³/mol. The van der Waals surface area contributed by atoms with E-state index in [0.29, 0.717) is 12.0 Å². The monoisotopic (exact) mass is 421 g/mol. The highest BCUT2D eigenvalue weighted by Gasteiger charge is 2.36. The molecule has 1 heterocycles. The van der Waals surface area contributed by atoms with Crippen LogP contribution >= 0.6 is 0 Å². The minimum absolute atomic E-state index is 0.146. The summed E-state index contributed by atoms with van der Waals surface area (Å²) in [5.74, 6) is 1.64. The van der Waals surface area contributed by atoms with E-state index in [-0.39, 0.29) is 12.1 Å². The second kappa shape index (κ2) is 9.75. The lowest BCUT2D eigenvalue weighted by Gasteiger charge is -2.40. The number of rotatable bonds is 7. The van der Waals surface area contributed by atoms with Crippen LogP contribution in [0.2, 0.25) is 0 Å². The number of guanidine groups is 1. The van der Waals surface area contributed by atoms with E-state index in [0.717, 1.165) is 51.0 Å². The van der Waals surface area contributed by atoms with Crippen LogP contribution in [0.4, 0.5) is 4.79 Å². The normalized spacial score (nSPS) is 22.2. The van der Waals surface area contributed by atoms with Crippen LogP contribution in [0.25, 0.3) is 0 Å². The Morgan fingerprint density at radius 3 is 2.27 bits per heavy atom. The Hall–Kier alpha value is -1.50. The number of nitrogens with one attached hydrogen (secondary N) is 1. The van der Waals surface area contributed by atoms with Gasteiger partial charge in [0, 0.05) is 51.4 Å². The fraction of sp³-hybridized carbons (Fsp3) is 0.913. The van der Waals surface area contributed by atoms with Crippen molar-refractivity contribution in [2.75, 3.05) is 40.3 Å². The van der Waals surface area contributed by atoms with Crippen LogP contribution in [0.15, 0.2) is 4.99 Å². The number of likely N-dealkylation sites (tertiary alicyclic amines) is 1. The van der Waals surface area contributed by atoms with E-state index in [1.807, 2.05) is 32.7 Å². The molecular weight excluding hydrogens is 378 g/mol. The molecule has 3 fully saturated rings. The first-order chi connectivity index (χ1) is 14.2. The van der Waals surface area contributed by atoms with Crippen molar-refractivity contribution in [1.82, 2.24) is 20.0 Å². The SMILES string of the molecule is CN=C(NCC(C)N(C)C1CC1)N1CCC(N(CC2CC2)C(=O)OC(C)(C)C)CC1. The first kappa shape index (κ1) is 23.2. The number of amides is 1. The molecule has 2 aliphatic carbocycles. The summed E-state index contributed by atoms with van der Waals surface area (Å²) in [4.78, 5) is 24.2. The van der Waals surface area contributed by atoms with Gasteiger partial charge in [-0.15, -0.1) is 0 Å². The van der Waals surface area contributed by atoms with Crippen molar-refractivity contribution in [2.24, 2.45) is 10.9 Å². The summed E-state index contributed by atoms with van der Waals surface area (Å²) in [6.07, 6.45) is 6.92. The third kappa shape index (κ3) is 6.76. The number of aliphatic imine (C=N–C) groups is 1. The van der Waals surface area contributed by atoms with Crippen LogP contribution in [-0.4, -0.2) is 90.8 Å². The second-order valence-corrected chi connectivity index (χ2v) is 10.5. The van der Waals surface area contributed by atoms with Gasteiger partial charge in [-0.3, -0.25) is 9.89 Å². The van der Waals surface area contributed by atoms with Gasteiger partial charge in [0.05, 0.1) is 0 Å². The number of nitrogens with zero attached hydrogens (tertiary/aromatic N) is 4. The molecule has 30 heavy (non-hydrogen) atoms. The number of piperidine rings is 1. The lowest BCUT2D eigenvalue weighted by Crippen LogP contribution is -2.53. The molecule has 3 rings (SSSR count). The zero-order valence-electron chi connectivity index (χ0n) is 20.0. The summed E-state index contributed by atoms with van der Waals surface area (Å²) in [6.45, 7) is 11.7. The van der Waals surface area contributed by atoms with Gasteiger partial charge < -0.3 is 19.9 Å². The smallest absolute Gasteiger partial charge is 0.410 e. The number of likely N-dealkylation sites (N-methyl/N-ethyl adjacent to an activating group) is 1. The van der Waals surface area contributed by atoms with E-state index in [1.165, 1.54) is 25.7 Å². The van der Waals surface area contributed by atoms with Crippen molar-refractivity contribution in [3.63, 3.8) is 0 Å². The quantitative estimate of drug-likeness (QED) is 0.505. The van der Waals surface area contributed by atoms with Crippen molar-refractivity contribution in [3.05, 3.63) is 0 Å². The van der Waals surface area contributed by atoms with Crippen LogP contribution in [-0.2, 0) is 4.74 Å². The fourth-order valence-electron chi connectivity index (χ4n) is 4.22. The van der Waals surface area contributed by atoms with E-state index in [4.69, 9.17) is 4.74 Å². The molecule has 1 saturated heterocycles. The molecule has 0 spiro atoms. The zero-order chi connectivity index (χ0) is 21.9. The minimum Gasteiger partial charge on any atom is -0.444 e. The van der Waals surface area contributed by atoms with E-state index >= 15 is 0 Å². The Morgan fingerprint density at radius 2 is 1.77 bits per heavy atom. The van der Waals surface area contributed by atoms with E-state index in [2.05, 4.69) is 34.1 Å². The lowest BCUT2D eigenvalue weighted by atomic mass is 10.0. The third-order valence-electron chi connectivity index (χ3n) is 6.57. The summed E-state index contributed by atoms with van der Waals surface area (Å²) in [6, 6.07) is 1.52. The lowest BCUT2D eigenvalue weighted by molar-refractivity contribution is 0.00927. The highest BCUT2D eigenvalue weighted by atomic mass is 16.6. The first-order valence-corrected chi connectivity index (χ1v) is 11.8. The van der Waals surface area contributed by atoms with Gasteiger partial charge in [-0.2, -0.15) is 0 Å². The standard InChI is InChI=1S/C23H43N5O2/c1-17(26(6)19-9-10-19)15-25-21(24-5)27-13-11-20(12-14-27)28(16-18-7-8-18)22(29)30-23(2,3)4/h17-20H,7-16H2,1-6H3,(H,24,25). The van der Waals surface area contributed by atoms with Gasteiger partial charge in [-0.05, 0) is 79.2 Å². The summed E-state index contributed by atoms with van der Waals surface area (Å²) in [5.41, 5.74) is -0.449. The summed E-state index contributed by atoms with van der Waals surface area (Å²) in [7, 11) is 4.09. The number of carbonyl (C=O) groups excluding carboxylic acids is 1. The first-order valence-electron chi connectivity index (χ1n) is 11.8. The third-order valence-corrected chi connectivity index (χ3v) is 6.57. The Labute approximate surface area is 183 Å². The van der Waals surface area contributed by atoms with Gasteiger partial charge in [0.2, 0.25) is 0 Å². The van der Waals surface area contributed by atoms with E-state index < -0.39 is 5.60 Å². The molecule has 2 saturated carbocycles. The van der Waals surface area contributed by atoms with Crippen molar-refractivity contribution >= 4 is 12.1 Å². The van der Waals surface area contributed by atoms with Crippen molar-refractivity contribution in [1.29, 1.82) is 0 Å². The summed E-state index contributed by atoms with van der Waals surface area (Å²) in [5, 5.41) is 3.57. The molecule has 1 N–H and O–H groups in total. The van der Waals surface area contributed by atoms with Gasteiger partial charge >= 0.3 is 6.09 Å². The number of carbonyl (C=O) groups is 1. The molecule has 7 heteroatoms. The molecule has 1 amide bonds. The molecule has 1 atom stereocenters. The maximum absolute atomic E-state index is 12.8. The molecular formula is C23H43N5O2. The molecule has 0 radical (unpaired) electrons.